The van der Waals surface area contributed by atoms with Gasteiger partial charge in [0, 0.05) is 16.9 Å². The minimum absolute atomic E-state index is 0.0388. The normalized spacial score (nSPS) is 12.4. The molecule has 1 aromatic rings. The fourth-order valence-electron chi connectivity index (χ4n) is 2.89. The second-order valence-electron chi connectivity index (χ2n) is 10.2. The van der Waals surface area contributed by atoms with Crippen molar-refractivity contribution >= 4 is 23.8 Å². The molecule has 0 aliphatic heterocycles. The van der Waals surface area contributed by atoms with Gasteiger partial charge in [0.15, 0.2) is 0 Å². The van der Waals surface area contributed by atoms with Crippen LogP contribution in [0.3, 0.4) is 0 Å². The van der Waals surface area contributed by atoms with Crippen LogP contribution >= 0.6 is 12.0 Å². The Morgan fingerprint density at radius 3 is 1.44 bits per heavy atom. The fraction of sp³-hybridized carbons (Fsp3) is 0.742. The smallest absolute Gasteiger partial charge is 0.322 e. The molecule has 1 aromatic carbocycles. The molecule has 0 radical (unpaired) electrons. The van der Waals surface area contributed by atoms with Gasteiger partial charge in [-0.05, 0) is 69.1 Å². The van der Waals surface area contributed by atoms with Crippen LogP contribution in [0.2, 0.25) is 0 Å². The lowest BCUT2D eigenvalue weighted by Crippen LogP contribution is -2.43. The number of carbonyl (C=O) groups excluding carboxylic acids is 2. The van der Waals surface area contributed by atoms with Crippen LogP contribution in [0.25, 0.3) is 0 Å². The van der Waals surface area contributed by atoms with Crippen molar-refractivity contribution in [3.63, 3.8) is 0 Å². The number of benzene rings is 1. The van der Waals surface area contributed by atoms with Crippen molar-refractivity contribution in [2.75, 3.05) is 6.61 Å². The van der Waals surface area contributed by atoms with Gasteiger partial charge in [-0.1, -0.05) is 95.2 Å². The average molecular weight is 527 g/mol. The van der Waals surface area contributed by atoms with E-state index in [9.17, 15) is 9.59 Å². The highest BCUT2D eigenvalue weighted by Gasteiger charge is 2.42. The molecule has 1 atom stereocenters. The quantitative estimate of drug-likeness (QED) is 0.182. The molecule has 0 bridgehead atoms. The highest BCUT2D eigenvalue weighted by molar-refractivity contribution is 7.94. The molecule has 212 valence electrons. The zero-order valence-electron chi connectivity index (χ0n) is 26.6. The van der Waals surface area contributed by atoms with E-state index in [1.54, 1.807) is 27.7 Å². The lowest BCUT2D eigenvalue weighted by atomic mass is 9.87. The van der Waals surface area contributed by atoms with Crippen LogP contribution in [0.4, 0.5) is 0 Å². The molecule has 0 heterocycles. The summed E-state index contributed by atoms with van der Waals surface area (Å²) in [5.74, 6) is 0.287. The van der Waals surface area contributed by atoms with E-state index in [-0.39, 0.29) is 12.4 Å². The van der Waals surface area contributed by atoms with Gasteiger partial charge in [0.25, 0.3) is 0 Å². The summed E-state index contributed by atoms with van der Waals surface area (Å²) in [6.07, 6.45) is 0. The number of hydrogen-bond acceptors (Lipinski definition) is 5. The van der Waals surface area contributed by atoms with E-state index in [2.05, 4.69) is 53.7 Å². The standard InChI is InChI=1S/C25H40O4S.3C2H6/c1-15(2)19-12-20(16(3)4)22(21(13-19)17(5)6)30-28-14-25(11,18(7)26)23(27)29-24(8,9)10;3*1-2/h12-13,15-17H,14H2,1-11H3;3*1-2H3. The Morgan fingerprint density at radius 1 is 0.778 bits per heavy atom. The van der Waals surface area contributed by atoms with Gasteiger partial charge < -0.3 is 8.92 Å². The van der Waals surface area contributed by atoms with E-state index in [0.29, 0.717) is 17.8 Å². The highest BCUT2D eigenvalue weighted by Crippen LogP contribution is 2.39. The predicted molar refractivity (Wildman–Crippen MR) is 159 cm³/mol. The molecule has 5 heteroatoms. The number of rotatable bonds is 9. The van der Waals surface area contributed by atoms with Gasteiger partial charge in [-0.3, -0.25) is 9.59 Å². The lowest BCUT2D eigenvalue weighted by molar-refractivity contribution is -0.170. The van der Waals surface area contributed by atoms with Gasteiger partial charge in [-0.2, -0.15) is 0 Å². The minimum Gasteiger partial charge on any atom is -0.459 e. The number of hydrogen-bond donors (Lipinski definition) is 0. The maximum absolute atomic E-state index is 12.7. The van der Waals surface area contributed by atoms with Gasteiger partial charge in [0.05, 0.1) is 6.61 Å². The molecular formula is C31H58O4S. The summed E-state index contributed by atoms with van der Waals surface area (Å²) in [4.78, 5) is 26.1. The number of ketones is 1. The van der Waals surface area contributed by atoms with Crippen molar-refractivity contribution in [3.8, 4) is 0 Å². The molecule has 1 unspecified atom stereocenters. The molecule has 0 saturated carbocycles. The van der Waals surface area contributed by atoms with E-state index in [0.717, 1.165) is 4.90 Å². The summed E-state index contributed by atoms with van der Waals surface area (Å²) in [5.41, 5.74) is 1.78. The molecule has 0 N–H and O–H groups in total. The second-order valence-corrected chi connectivity index (χ2v) is 11.0. The topological polar surface area (TPSA) is 52.6 Å². The Bertz CT molecular complexity index is 731. The minimum atomic E-state index is -1.34. The summed E-state index contributed by atoms with van der Waals surface area (Å²) >= 11 is 1.27. The van der Waals surface area contributed by atoms with E-state index >= 15 is 0 Å². The number of Topliss-reactive ketones (excluding diaryl/α,β-unsaturated/α-hetero) is 1. The Kier molecular flexibility index (Phi) is 20.5. The van der Waals surface area contributed by atoms with Crippen molar-refractivity contribution in [1.82, 2.24) is 0 Å². The van der Waals surface area contributed by atoms with Gasteiger partial charge in [-0.25, -0.2) is 0 Å². The first-order valence-corrected chi connectivity index (χ1v) is 14.6. The largest absolute Gasteiger partial charge is 0.459 e. The Balaban J connectivity index is -0.00000168. The summed E-state index contributed by atoms with van der Waals surface area (Å²) in [7, 11) is 0. The number of ether oxygens (including phenoxy) is 1. The zero-order valence-corrected chi connectivity index (χ0v) is 27.5. The van der Waals surface area contributed by atoms with Crippen LogP contribution < -0.4 is 0 Å². The van der Waals surface area contributed by atoms with Crippen molar-refractivity contribution in [2.24, 2.45) is 5.41 Å². The zero-order chi connectivity index (χ0) is 29.4. The Hall–Kier alpha value is -1.33. The molecule has 0 fully saturated rings. The van der Waals surface area contributed by atoms with Gasteiger partial charge in [0.2, 0.25) is 0 Å². The van der Waals surface area contributed by atoms with E-state index < -0.39 is 17.0 Å². The average Bonchev–Trinajstić information content (AvgIpc) is 2.81. The van der Waals surface area contributed by atoms with E-state index in [1.165, 1.54) is 35.7 Å². The summed E-state index contributed by atoms with van der Waals surface area (Å²) in [6, 6.07) is 4.51. The molecule has 1 rings (SSSR count). The van der Waals surface area contributed by atoms with Crippen LogP contribution in [-0.2, 0) is 18.5 Å². The molecule has 0 saturated heterocycles. The third-order valence-corrected chi connectivity index (χ3v) is 6.07. The third kappa shape index (κ3) is 12.8. The summed E-state index contributed by atoms with van der Waals surface area (Å²) in [6.45, 7) is 33.4. The number of carbonyl (C=O) groups is 2. The maximum atomic E-state index is 12.7. The van der Waals surface area contributed by atoms with Crippen LogP contribution in [0.1, 0.15) is 152 Å². The summed E-state index contributed by atoms with van der Waals surface area (Å²) in [5, 5.41) is 0. The van der Waals surface area contributed by atoms with Crippen molar-refractivity contribution in [3.05, 3.63) is 28.8 Å². The lowest BCUT2D eigenvalue weighted by Gasteiger charge is -2.29. The molecule has 36 heavy (non-hydrogen) atoms. The van der Waals surface area contributed by atoms with Crippen LogP contribution in [0.5, 0.6) is 0 Å². The van der Waals surface area contributed by atoms with Crippen LogP contribution in [-0.4, -0.2) is 24.0 Å². The van der Waals surface area contributed by atoms with Gasteiger partial charge >= 0.3 is 5.97 Å². The maximum Gasteiger partial charge on any atom is 0.322 e. The predicted octanol–water partition coefficient (Wildman–Crippen LogP) is 10.1. The van der Waals surface area contributed by atoms with Crippen LogP contribution in [0.15, 0.2) is 17.0 Å². The first kappa shape index (κ1) is 39.2. The first-order valence-electron chi connectivity index (χ1n) is 13.8. The Labute approximate surface area is 228 Å². The molecule has 0 aromatic heterocycles. The van der Waals surface area contributed by atoms with Gasteiger partial charge in [-0.15, -0.1) is 0 Å². The molecule has 4 nitrogen and oxygen atoms in total. The van der Waals surface area contributed by atoms with Crippen molar-refractivity contribution < 1.29 is 18.5 Å². The third-order valence-electron chi connectivity index (χ3n) is 5.20. The molecule has 0 aliphatic rings. The molecular weight excluding hydrogens is 468 g/mol. The molecule has 0 amide bonds. The van der Waals surface area contributed by atoms with Crippen molar-refractivity contribution in [2.45, 2.75) is 146 Å². The monoisotopic (exact) mass is 526 g/mol. The van der Waals surface area contributed by atoms with Gasteiger partial charge in [0.1, 0.15) is 16.8 Å². The number of esters is 1. The van der Waals surface area contributed by atoms with Crippen molar-refractivity contribution in [1.29, 1.82) is 0 Å². The van der Waals surface area contributed by atoms with E-state index in [4.69, 9.17) is 8.92 Å². The SMILES string of the molecule is CC.CC.CC.CC(=O)C(C)(COSc1c(C(C)C)cc(C(C)C)cc1C(C)C)C(=O)OC(C)(C)C. The fourth-order valence-corrected chi connectivity index (χ4v) is 4.08. The molecule has 0 aliphatic carbocycles. The summed E-state index contributed by atoms with van der Waals surface area (Å²) < 4.78 is 11.4. The highest BCUT2D eigenvalue weighted by atomic mass is 32.2. The van der Waals surface area contributed by atoms with Crippen LogP contribution in [0, 0.1) is 5.41 Å². The second kappa shape index (κ2) is 18.8. The first-order chi connectivity index (χ1) is 16.6. The van der Waals surface area contributed by atoms with E-state index in [1.807, 2.05) is 41.5 Å². The molecule has 0 spiro atoms. The Morgan fingerprint density at radius 2 is 1.17 bits per heavy atom.